The summed E-state index contributed by atoms with van der Waals surface area (Å²) in [5.41, 5.74) is 5.96. The number of hydrogen-bond acceptors (Lipinski definition) is 5. The van der Waals surface area contributed by atoms with E-state index in [1.807, 2.05) is 0 Å². The van der Waals surface area contributed by atoms with Crippen LogP contribution in [0, 0.1) is 0 Å². The molecule has 1 aromatic carbocycles. The summed E-state index contributed by atoms with van der Waals surface area (Å²) in [4.78, 5) is 9.38. The summed E-state index contributed by atoms with van der Waals surface area (Å²) < 4.78 is 3.96. The first-order valence-corrected chi connectivity index (χ1v) is 5.04. The van der Waals surface area contributed by atoms with Crippen LogP contribution in [0.4, 0.5) is 4.79 Å². The summed E-state index contributed by atoms with van der Waals surface area (Å²) in [6, 6.07) is 6.34. The molecule has 0 aliphatic rings. The molecule has 6 nitrogen and oxygen atoms in total. The molecule has 6 heteroatoms. The second-order valence-corrected chi connectivity index (χ2v) is 3.04. The monoisotopic (exact) mass is 243 g/mol. The van der Waals surface area contributed by atoms with Crippen LogP contribution in [-0.2, 0) is 4.74 Å². The van der Waals surface area contributed by atoms with Gasteiger partial charge in [-0.05, 0) is 24.6 Å². The Hall–Kier alpha value is -1.79. The first kappa shape index (κ1) is 15.2. The average molecular weight is 243 g/mol. The molecule has 0 saturated carbocycles. The summed E-state index contributed by atoms with van der Waals surface area (Å²) in [6.45, 7) is 2.05. The number of phenols is 1. The molecule has 1 aromatic rings. The maximum atomic E-state index is 9.38. The zero-order valence-electron chi connectivity index (χ0n) is 9.54. The maximum absolute atomic E-state index is 9.38. The number of rotatable bonds is 3. The summed E-state index contributed by atoms with van der Waals surface area (Å²) in [7, 11) is 0. The predicted octanol–water partition coefficient (Wildman–Crippen LogP) is 1.09. The van der Waals surface area contributed by atoms with Gasteiger partial charge in [0.15, 0.2) is 0 Å². The number of benzene rings is 1. The Kier molecular flexibility index (Phi) is 7.49. The van der Waals surface area contributed by atoms with Gasteiger partial charge in [0, 0.05) is 6.54 Å². The van der Waals surface area contributed by atoms with Crippen LogP contribution < -0.4 is 5.73 Å². The van der Waals surface area contributed by atoms with E-state index in [1.54, 1.807) is 19.1 Å². The van der Waals surface area contributed by atoms with Gasteiger partial charge in [0.2, 0.25) is 0 Å². The van der Waals surface area contributed by atoms with Crippen molar-refractivity contribution in [2.75, 3.05) is 13.2 Å². The van der Waals surface area contributed by atoms with Crippen molar-refractivity contribution in [3.05, 3.63) is 29.8 Å². The molecule has 0 spiro atoms. The Morgan fingerprint density at radius 2 is 1.94 bits per heavy atom. The Labute approximate surface area is 99.3 Å². The summed E-state index contributed by atoms with van der Waals surface area (Å²) in [5, 5.41) is 25.8. The fourth-order valence-corrected chi connectivity index (χ4v) is 0.956. The van der Waals surface area contributed by atoms with E-state index in [-0.39, 0.29) is 18.9 Å². The lowest BCUT2D eigenvalue weighted by Gasteiger charge is -2.06. The molecular formula is C11H17NO5. The van der Waals surface area contributed by atoms with Crippen molar-refractivity contribution in [3.63, 3.8) is 0 Å². The molecule has 0 radical (unpaired) electrons. The first-order valence-electron chi connectivity index (χ1n) is 5.04. The fourth-order valence-electron chi connectivity index (χ4n) is 0.956. The van der Waals surface area contributed by atoms with E-state index in [2.05, 4.69) is 4.74 Å². The lowest BCUT2D eigenvalue weighted by molar-refractivity contribution is 0.0966. The van der Waals surface area contributed by atoms with Crippen molar-refractivity contribution in [2.45, 2.75) is 13.0 Å². The zero-order valence-corrected chi connectivity index (χ0v) is 9.54. The van der Waals surface area contributed by atoms with Gasteiger partial charge in [0.25, 0.3) is 0 Å². The Balaban J connectivity index is 0.000000366. The number of aromatic hydroxyl groups is 1. The van der Waals surface area contributed by atoms with Gasteiger partial charge in [-0.15, -0.1) is 0 Å². The molecule has 5 N–H and O–H groups in total. The zero-order chi connectivity index (χ0) is 13.3. The van der Waals surface area contributed by atoms with Crippen molar-refractivity contribution >= 4 is 6.16 Å². The molecule has 0 heterocycles. The minimum Gasteiger partial charge on any atom is -0.508 e. The molecule has 0 aliphatic heterocycles. The van der Waals surface area contributed by atoms with Crippen LogP contribution in [0.2, 0.25) is 0 Å². The van der Waals surface area contributed by atoms with Crippen molar-refractivity contribution in [1.82, 2.24) is 0 Å². The number of ether oxygens (including phenoxy) is 1. The minimum absolute atomic E-state index is 0.193. The second kappa shape index (κ2) is 8.37. The van der Waals surface area contributed by atoms with E-state index < -0.39 is 12.3 Å². The SMILES string of the molecule is CCOC(=O)O.NCC(O)c1ccc(O)cc1. The minimum atomic E-state index is -1.21. The van der Waals surface area contributed by atoms with Crippen LogP contribution in [0.25, 0.3) is 0 Å². The van der Waals surface area contributed by atoms with Gasteiger partial charge in [0.05, 0.1) is 12.7 Å². The average Bonchev–Trinajstić information content (AvgIpc) is 2.29. The number of hydrogen-bond donors (Lipinski definition) is 4. The lowest BCUT2D eigenvalue weighted by atomic mass is 10.1. The molecule has 0 aliphatic carbocycles. The molecule has 1 unspecified atom stereocenters. The summed E-state index contributed by atoms with van der Waals surface area (Å²) in [6.07, 6.45) is -1.84. The van der Waals surface area contributed by atoms with E-state index in [9.17, 15) is 9.90 Å². The van der Waals surface area contributed by atoms with Crippen LogP contribution in [0.5, 0.6) is 5.75 Å². The topological polar surface area (TPSA) is 113 Å². The highest BCUT2D eigenvalue weighted by Crippen LogP contribution is 2.15. The van der Waals surface area contributed by atoms with Crippen LogP contribution in [0.3, 0.4) is 0 Å². The van der Waals surface area contributed by atoms with Crippen molar-refractivity contribution < 1.29 is 24.9 Å². The van der Waals surface area contributed by atoms with Gasteiger partial charge in [-0.2, -0.15) is 0 Å². The Morgan fingerprint density at radius 3 is 2.24 bits per heavy atom. The Bertz CT molecular complexity index is 325. The quantitative estimate of drug-likeness (QED) is 0.591. The van der Waals surface area contributed by atoms with Crippen molar-refractivity contribution in [2.24, 2.45) is 5.73 Å². The predicted molar refractivity (Wildman–Crippen MR) is 61.8 cm³/mol. The number of carboxylic acid groups (broad SMARTS) is 1. The molecule has 0 fully saturated rings. The molecule has 1 atom stereocenters. The van der Waals surface area contributed by atoms with Gasteiger partial charge >= 0.3 is 6.16 Å². The van der Waals surface area contributed by atoms with Crippen molar-refractivity contribution in [3.8, 4) is 5.75 Å². The van der Waals surface area contributed by atoms with E-state index in [4.69, 9.17) is 15.9 Å². The number of aliphatic hydroxyl groups is 1. The van der Waals surface area contributed by atoms with Gasteiger partial charge in [-0.25, -0.2) is 4.79 Å². The number of aliphatic hydroxyl groups excluding tert-OH is 1. The van der Waals surface area contributed by atoms with Gasteiger partial charge in [-0.3, -0.25) is 0 Å². The molecule has 0 saturated heterocycles. The highest BCUT2D eigenvalue weighted by atomic mass is 16.7. The first-order chi connectivity index (χ1) is 8.01. The van der Waals surface area contributed by atoms with Crippen LogP contribution in [0.1, 0.15) is 18.6 Å². The van der Waals surface area contributed by atoms with Crippen LogP contribution in [0.15, 0.2) is 24.3 Å². The number of carbonyl (C=O) groups is 1. The van der Waals surface area contributed by atoms with E-state index >= 15 is 0 Å². The van der Waals surface area contributed by atoms with E-state index in [0.717, 1.165) is 5.56 Å². The third kappa shape index (κ3) is 7.15. The fraction of sp³-hybridized carbons (Fsp3) is 0.364. The largest absolute Gasteiger partial charge is 0.508 e. The standard InChI is InChI=1S/C8H11NO2.C3H6O3/c9-5-8(11)6-1-3-7(10)4-2-6;1-2-6-3(4)5/h1-4,8,10-11H,5,9H2;2H2,1H3,(H,4,5). The van der Waals surface area contributed by atoms with Gasteiger partial charge in [0.1, 0.15) is 5.75 Å². The van der Waals surface area contributed by atoms with Crippen LogP contribution in [-0.4, -0.2) is 34.6 Å². The Morgan fingerprint density at radius 1 is 1.41 bits per heavy atom. The molecule has 17 heavy (non-hydrogen) atoms. The smallest absolute Gasteiger partial charge is 0.505 e. The third-order valence-electron chi connectivity index (χ3n) is 1.77. The highest BCUT2D eigenvalue weighted by Gasteiger charge is 2.02. The normalized spacial score (nSPS) is 11.0. The summed E-state index contributed by atoms with van der Waals surface area (Å²) >= 11 is 0. The van der Waals surface area contributed by atoms with Crippen LogP contribution >= 0.6 is 0 Å². The second-order valence-electron chi connectivity index (χ2n) is 3.04. The lowest BCUT2D eigenvalue weighted by Crippen LogP contribution is -2.10. The molecule has 0 amide bonds. The van der Waals surface area contributed by atoms with Crippen molar-refractivity contribution in [1.29, 1.82) is 0 Å². The molecule has 0 bridgehead atoms. The summed E-state index contributed by atoms with van der Waals surface area (Å²) in [5.74, 6) is 0.193. The highest BCUT2D eigenvalue weighted by molar-refractivity contribution is 5.56. The number of nitrogens with two attached hydrogens (primary N) is 1. The molecule has 0 aromatic heterocycles. The number of phenolic OH excluding ortho intramolecular Hbond substituents is 1. The third-order valence-corrected chi connectivity index (χ3v) is 1.77. The van der Waals surface area contributed by atoms with E-state index in [0.29, 0.717) is 0 Å². The maximum Gasteiger partial charge on any atom is 0.505 e. The van der Waals surface area contributed by atoms with Gasteiger partial charge < -0.3 is 25.8 Å². The molecule has 1 rings (SSSR count). The molecule has 96 valence electrons. The van der Waals surface area contributed by atoms with Gasteiger partial charge in [-0.1, -0.05) is 12.1 Å². The molecular weight excluding hydrogens is 226 g/mol. The van der Waals surface area contributed by atoms with E-state index in [1.165, 1.54) is 12.1 Å².